The zero-order chi connectivity index (χ0) is 28.8. The molecule has 4 heteroatoms. The molecular weight excluding hydrogens is 651 g/mol. The Kier molecular flexibility index (Phi) is 14.0. The van der Waals surface area contributed by atoms with Crippen LogP contribution in [0, 0.1) is 6.08 Å². The zero-order valence-corrected chi connectivity index (χ0v) is 30.3. The Labute approximate surface area is 284 Å². The molecule has 0 N–H and O–H groups in total. The van der Waals surface area contributed by atoms with E-state index >= 15 is 0 Å². The van der Waals surface area contributed by atoms with E-state index < -0.39 is 0 Å². The van der Waals surface area contributed by atoms with Crippen LogP contribution < -0.4 is 24.8 Å². The molecule has 0 atom stereocenters. The molecule has 1 aliphatic rings. The molecule has 0 saturated heterocycles. The van der Waals surface area contributed by atoms with Crippen molar-refractivity contribution in [2.45, 2.75) is 65.2 Å². The summed E-state index contributed by atoms with van der Waals surface area (Å²) in [5.41, 5.74) is 7.18. The number of benzene rings is 3. The predicted molar refractivity (Wildman–Crippen MR) is 175 cm³/mol. The van der Waals surface area contributed by atoms with E-state index in [-0.39, 0.29) is 35.6 Å². The van der Waals surface area contributed by atoms with Gasteiger partial charge in [-0.3, -0.25) is 0 Å². The van der Waals surface area contributed by atoms with Crippen LogP contribution >= 0.6 is 11.3 Å². The molecule has 218 valence electrons. The van der Waals surface area contributed by atoms with Crippen molar-refractivity contribution >= 4 is 42.2 Å². The number of hydrogen-bond donors (Lipinski definition) is 0. The van der Waals surface area contributed by atoms with Crippen LogP contribution in [0.15, 0.2) is 102 Å². The quantitative estimate of drug-likeness (QED) is 0.239. The van der Waals surface area contributed by atoms with Gasteiger partial charge in [0.2, 0.25) is 0 Å². The number of thiophene rings is 1. The Hall–Kier alpha value is -1.96. The van der Waals surface area contributed by atoms with Crippen molar-refractivity contribution in [3.63, 3.8) is 0 Å². The van der Waals surface area contributed by atoms with Gasteiger partial charge in [-0.15, -0.1) is 51.4 Å². The molecule has 0 nitrogen and oxygen atoms in total. The van der Waals surface area contributed by atoms with Crippen molar-refractivity contribution in [3.8, 4) is 0 Å². The van der Waals surface area contributed by atoms with E-state index in [4.69, 9.17) is 0 Å². The number of halogens is 2. The summed E-state index contributed by atoms with van der Waals surface area (Å²) in [6.07, 6.45) is 9.63. The maximum absolute atomic E-state index is 3.27. The van der Waals surface area contributed by atoms with Crippen LogP contribution in [0.1, 0.15) is 70.2 Å². The average Bonchev–Trinajstić information content (AvgIpc) is 3.69. The third kappa shape index (κ3) is 9.78. The van der Waals surface area contributed by atoms with E-state index in [1.54, 1.807) is 11.3 Å². The summed E-state index contributed by atoms with van der Waals surface area (Å²) in [5.74, 6) is 0. The number of fused-ring (bicyclic) bond motifs is 3. The van der Waals surface area contributed by atoms with E-state index in [0.717, 1.165) is 12.8 Å². The molecule has 1 aliphatic carbocycles. The normalized spacial score (nSPS) is 12.3. The molecule has 6 rings (SSSR count). The summed E-state index contributed by atoms with van der Waals surface area (Å²) in [6, 6.07) is 28.8. The van der Waals surface area contributed by atoms with Gasteiger partial charge in [0.1, 0.15) is 0 Å². The molecule has 42 heavy (non-hydrogen) atoms. The molecule has 0 saturated carbocycles. The molecule has 1 aromatic heterocycles. The van der Waals surface area contributed by atoms with E-state index in [1.807, 2.05) is 6.07 Å². The van der Waals surface area contributed by atoms with Crippen molar-refractivity contribution in [3.05, 3.63) is 130 Å². The summed E-state index contributed by atoms with van der Waals surface area (Å²) < 4.78 is 2.25. The van der Waals surface area contributed by atoms with E-state index in [2.05, 4.69) is 147 Å². The number of allylic oxidation sites excluding steroid dienone is 4. The zero-order valence-electron chi connectivity index (χ0n) is 25.5. The topological polar surface area (TPSA) is 0 Å². The molecule has 0 amide bonds. The van der Waals surface area contributed by atoms with Gasteiger partial charge in [-0.2, -0.15) is 29.1 Å². The maximum atomic E-state index is 3.27. The molecule has 0 radical (unpaired) electrons. The van der Waals surface area contributed by atoms with Crippen LogP contribution in [0.5, 0.6) is 0 Å². The Morgan fingerprint density at radius 1 is 0.810 bits per heavy atom. The van der Waals surface area contributed by atoms with Gasteiger partial charge in [-0.25, -0.2) is 0 Å². The summed E-state index contributed by atoms with van der Waals surface area (Å²) in [6.45, 7) is 13.6. The van der Waals surface area contributed by atoms with Gasteiger partial charge < -0.3 is 24.8 Å². The Balaban J connectivity index is 0.000000245. The molecular formula is C38H40Cl2SZr-2. The van der Waals surface area contributed by atoms with E-state index in [0.29, 0.717) is 0 Å². The average molecular weight is 691 g/mol. The van der Waals surface area contributed by atoms with Crippen molar-refractivity contribution in [2.75, 3.05) is 0 Å². The SMILES string of the molecule is CC(C)(C)c1ccc2c(c1)[cH-]c1cc(C(C)(C)C)ccc12.[C-]1=C(c2ccsc2)C=CC1.[Cl-].[Cl-].[Zr+2]=[CH]Cc1ccccc1. The minimum absolute atomic E-state index is 0. The summed E-state index contributed by atoms with van der Waals surface area (Å²) in [5, 5.41) is 9.72. The first-order chi connectivity index (χ1) is 19.1. The fraction of sp³-hybridized carbons (Fsp3) is 0.263. The van der Waals surface area contributed by atoms with Crippen molar-refractivity contribution in [2.24, 2.45) is 0 Å². The summed E-state index contributed by atoms with van der Waals surface area (Å²) in [7, 11) is 0. The van der Waals surface area contributed by atoms with Crippen molar-refractivity contribution in [1.29, 1.82) is 0 Å². The molecule has 0 spiro atoms. The first-order valence-electron chi connectivity index (χ1n) is 14.0. The monoisotopic (exact) mass is 688 g/mol. The van der Waals surface area contributed by atoms with Crippen LogP contribution in [0.2, 0.25) is 0 Å². The van der Waals surface area contributed by atoms with Crippen LogP contribution in [-0.2, 0) is 41.5 Å². The summed E-state index contributed by atoms with van der Waals surface area (Å²) in [4.78, 5) is 0. The van der Waals surface area contributed by atoms with Gasteiger partial charge in [0.05, 0.1) is 0 Å². The number of hydrogen-bond acceptors (Lipinski definition) is 1. The van der Waals surface area contributed by atoms with Gasteiger partial charge >= 0.3 is 70.3 Å². The van der Waals surface area contributed by atoms with Crippen LogP contribution in [0.25, 0.3) is 27.1 Å². The third-order valence-corrected chi connectivity index (χ3v) is 8.33. The Morgan fingerprint density at radius 3 is 1.81 bits per heavy atom. The van der Waals surface area contributed by atoms with Gasteiger partial charge in [-0.05, 0) is 16.2 Å². The van der Waals surface area contributed by atoms with Crippen LogP contribution in [0.4, 0.5) is 0 Å². The van der Waals surface area contributed by atoms with Crippen molar-refractivity contribution in [1.82, 2.24) is 0 Å². The number of rotatable bonds is 3. The molecule has 5 aromatic rings. The fourth-order valence-electron chi connectivity index (χ4n) is 4.71. The van der Waals surface area contributed by atoms with Gasteiger partial charge in [0.15, 0.2) is 0 Å². The van der Waals surface area contributed by atoms with Gasteiger partial charge in [0, 0.05) is 0 Å². The molecule has 0 bridgehead atoms. The molecule has 0 aliphatic heterocycles. The second-order valence-corrected chi connectivity index (χ2v) is 14.1. The summed E-state index contributed by atoms with van der Waals surface area (Å²) >= 11 is 3.24. The Bertz CT molecular complexity index is 1540. The Morgan fingerprint density at radius 2 is 1.38 bits per heavy atom. The first kappa shape index (κ1) is 36.2. The molecule has 1 heterocycles. The van der Waals surface area contributed by atoms with Crippen LogP contribution in [0.3, 0.4) is 0 Å². The standard InChI is InChI=1S/C21H25.C9H7S.C8H8.2ClH.Zr/c1-20(2,3)16-7-9-18-14(12-16)11-15-13-17(21(4,5)6)8-10-19(15)18;1-2-4-8(3-1)9-5-6-10-7-9;1-2-8-6-4-3-5-7-8;;;/h7-13H,1-6H3;1,3,5-7H,2H2;1,3-7H,2H2;2*1H;/q2*-1;;;;+2/p-2. The van der Waals surface area contributed by atoms with E-state index in [9.17, 15) is 0 Å². The van der Waals surface area contributed by atoms with Crippen molar-refractivity contribution < 1.29 is 49.0 Å². The molecule has 4 aromatic carbocycles. The van der Waals surface area contributed by atoms with E-state index in [1.165, 1.54) is 73.6 Å². The predicted octanol–water partition coefficient (Wildman–Crippen LogP) is 4.79. The first-order valence-corrected chi connectivity index (χ1v) is 16.4. The van der Waals surface area contributed by atoms with Gasteiger partial charge in [-0.1, -0.05) is 94.8 Å². The minimum atomic E-state index is 0. The van der Waals surface area contributed by atoms with Crippen LogP contribution in [-0.4, -0.2) is 3.71 Å². The van der Waals surface area contributed by atoms with Gasteiger partial charge in [0.25, 0.3) is 0 Å². The second kappa shape index (κ2) is 16.2. The fourth-order valence-corrected chi connectivity index (χ4v) is 5.94. The third-order valence-electron chi connectivity index (χ3n) is 7.14. The molecule has 0 unspecified atom stereocenters. The second-order valence-electron chi connectivity index (χ2n) is 12.4. The molecule has 0 fully saturated rings.